The maximum Gasteiger partial charge on any atom is 0.221 e. The summed E-state index contributed by atoms with van der Waals surface area (Å²) in [6.45, 7) is 1.44. The van der Waals surface area contributed by atoms with Crippen molar-refractivity contribution in [1.82, 2.24) is 9.97 Å². The molecule has 4 aromatic rings. The van der Waals surface area contributed by atoms with E-state index in [1.165, 1.54) is 19.1 Å². The van der Waals surface area contributed by atoms with Crippen molar-refractivity contribution >= 4 is 28.4 Å². The Bertz CT molecular complexity index is 1210. The van der Waals surface area contributed by atoms with Gasteiger partial charge in [0.2, 0.25) is 5.91 Å². The molecular formula is C22H16FN3O2. The number of hydrogen-bond donors (Lipinski definition) is 2. The van der Waals surface area contributed by atoms with E-state index >= 15 is 0 Å². The van der Waals surface area contributed by atoms with Crippen molar-refractivity contribution in [3.63, 3.8) is 0 Å². The molecule has 0 fully saturated rings. The molecule has 2 aromatic carbocycles. The number of pyridine rings is 1. The number of rotatable bonds is 4. The standard InChI is InChI=1S/C22H16FN3O2/c1-13(27)26-15-6-4-5-14(11-15)16-9-10-24-22-20(16)18(12-25-22)21(28)17-7-2-3-8-19(17)23/h2-12H,1H3,(H,24,25)(H,26,27). The molecule has 2 aromatic heterocycles. The van der Waals surface area contributed by atoms with Crippen LogP contribution in [0.25, 0.3) is 22.2 Å². The molecule has 4 rings (SSSR count). The van der Waals surface area contributed by atoms with E-state index in [0.29, 0.717) is 22.3 Å². The molecule has 6 heteroatoms. The Balaban J connectivity index is 1.88. The topological polar surface area (TPSA) is 74.8 Å². The largest absolute Gasteiger partial charge is 0.345 e. The molecule has 0 bridgehead atoms. The highest BCUT2D eigenvalue weighted by atomic mass is 19.1. The average molecular weight is 373 g/mol. The molecule has 0 aliphatic carbocycles. The smallest absolute Gasteiger partial charge is 0.221 e. The van der Waals surface area contributed by atoms with Crippen molar-refractivity contribution in [1.29, 1.82) is 0 Å². The molecule has 5 nitrogen and oxygen atoms in total. The van der Waals surface area contributed by atoms with Crippen LogP contribution >= 0.6 is 0 Å². The minimum absolute atomic E-state index is 0.00481. The first-order valence-corrected chi connectivity index (χ1v) is 8.68. The Kier molecular flexibility index (Phi) is 4.45. The van der Waals surface area contributed by atoms with Gasteiger partial charge in [0.15, 0.2) is 5.78 Å². The summed E-state index contributed by atoms with van der Waals surface area (Å²) in [5.74, 6) is -1.16. The second-order valence-corrected chi connectivity index (χ2v) is 6.36. The lowest BCUT2D eigenvalue weighted by atomic mass is 9.97. The quantitative estimate of drug-likeness (QED) is 0.515. The predicted molar refractivity (Wildman–Crippen MR) is 106 cm³/mol. The number of hydrogen-bond acceptors (Lipinski definition) is 3. The molecule has 0 radical (unpaired) electrons. The number of benzene rings is 2. The lowest BCUT2D eigenvalue weighted by Gasteiger charge is -2.09. The number of fused-ring (bicyclic) bond motifs is 1. The fraction of sp³-hybridized carbons (Fsp3) is 0.0455. The van der Waals surface area contributed by atoms with Crippen LogP contribution in [-0.2, 0) is 4.79 Å². The van der Waals surface area contributed by atoms with Crippen LogP contribution in [0.4, 0.5) is 10.1 Å². The van der Waals surface area contributed by atoms with Gasteiger partial charge in [-0.15, -0.1) is 0 Å². The van der Waals surface area contributed by atoms with Crippen molar-refractivity contribution in [3.8, 4) is 11.1 Å². The molecule has 138 valence electrons. The van der Waals surface area contributed by atoms with Gasteiger partial charge in [0.1, 0.15) is 11.5 Å². The Morgan fingerprint density at radius 2 is 1.86 bits per heavy atom. The third-order valence-corrected chi connectivity index (χ3v) is 4.43. The highest BCUT2D eigenvalue weighted by Crippen LogP contribution is 2.32. The van der Waals surface area contributed by atoms with Crippen LogP contribution in [0.3, 0.4) is 0 Å². The maximum absolute atomic E-state index is 14.1. The fourth-order valence-electron chi connectivity index (χ4n) is 3.23. The molecule has 1 amide bonds. The summed E-state index contributed by atoms with van der Waals surface area (Å²) in [7, 11) is 0. The Morgan fingerprint density at radius 1 is 1.04 bits per heavy atom. The molecule has 0 saturated heterocycles. The number of nitrogens with zero attached hydrogens (tertiary/aromatic N) is 1. The summed E-state index contributed by atoms with van der Waals surface area (Å²) in [6.07, 6.45) is 3.18. The number of carbonyl (C=O) groups is 2. The number of H-pyrrole nitrogens is 1. The molecule has 0 spiro atoms. The van der Waals surface area contributed by atoms with E-state index in [1.807, 2.05) is 18.2 Å². The molecule has 0 saturated carbocycles. The van der Waals surface area contributed by atoms with Crippen LogP contribution in [0.15, 0.2) is 67.0 Å². The number of aromatic nitrogens is 2. The van der Waals surface area contributed by atoms with Crippen LogP contribution < -0.4 is 5.32 Å². The minimum Gasteiger partial charge on any atom is -0.345 e. The zero-order valence-electron chi connectivity index (χ0n) is 15.0. The van der Waals surface area contributed by atoms with Crippen LogP contribution in [0.1, 0.15) is 22.8 Å². The number of aromatic amines is 1. The van der Waals surface area contributed by atoms with E-state index in [-0.39, 0.29) is 11.5 Å². The van der Waals surface area contributed by atoms with Gasteiger partial charge in [0.25, 0.3) is 0 Å². The number of nitrogens with one attached hydrogen (secondary N) is 2. The van der Waals surface area contributed by atoms with E-state index < -0.39 is 11.6 Å². The van der Waals surface area contributed by atoms with E-state index in [4.69, 9.17) is 0 Å². The van der Waals surface area contributed by atoms with Crippen molar-refractivity contribution in [2.75, 3.05) is 5.32 Å². The zero-order chi connectivity index (χ0) is 19.7. The molecule has 0 aliphatic heterocycles. The van der Waals surface area contributed by atoms with Gasteiger partial charge in [-0.2, -0.15) is 0 Å². The van der Waals surface area contributed by atoms with Crippen LogP contribution in [0.5, 0.6) is 0 Å². The summed E-state index contributed by atoms with van der Waals surface area (Å²) < 4.78 is 14.1. The first-order chi connectivity index (χ1) is 13.5. The third-order valence-electron chi connectivity index (χ3n) is 4.43. The maximum atomic E-state index is 14.1. The second-order valence-electron chi connectivity index (χ2n) is 6.36. The summed E-state index contributed by atoms with van der Waals surface area (Å²) in [6, 6.07) is 15.0. The fourth-order valence-corrected chi connectivity index (χ4v) is 3.23. The highest BCUT2D eigenvalue weighted by molar-refractivity contribution is 6.18. The normalized spacial score (nSPS) is 10.8. The lowest BCUT2D eigenvalue weighted by Crippen LogP contribution is -2.05. The van der Waals surface area contributed by atoms with Gasteiger partial charge in [0.05, 0.1) is 11.1 Å². The van der Waals surface area contributed by atoms with Gasteiger partial charge in [-0.05, 0) is 41.5 Å². The Hall–Kier alpha value is -3.80. The van der Waals surface area contributed by atoms with E-state index in [2.05, 4.69) is 15.3 Å². The van der Waals surface area contributed by atoms with E-state index in [0.717, 1.165) is 11.1 Å². The van der Waals surface area contributed by atoms with Gasteiger partial charge in [-0.25, -0.2) is 9.37 Å². The summed E-state index contributed by atoms with van der Waals surface area (Å²) in [5, 5.41) is 3.36. The van der Waals surface area contributed by atoms with Gasteiger partial charge < -0.3 is 10.3 Å². The molecule has 2 heterocycles. The summed E-state index contributed by atoms with van der Waals surface area (Å²) in [5.41, 5.74) is 3.09. The van der Waals surface area contributed by atoms with Crippen molar-refractivity contribution in [2.24, 2.45) is 0 Å². The number of halogens is 1. The number of amides is 1. The van der Waals surface area contributed by atoms with Crippen molar-refractivity contribution < 1.29 is 14.0 Å². The predicted octanol–water partition coefficient (Wildman–Crippen LogP) is 4.56. The monoisotopic (exact) mass is 373 g/mol. The van der Waals surface area contributed by atoms with E-state index in [9.17, 15) is 14.0 Å². The number of anilines is 1. The minimum atomic E-state index is -0.569. The zero-order valence-corrected chi connectivity index (χ0v) is 15.0. The summed E-state index contributed by atoms with van der Waals surface area (Å²) >= 11 is 0. The first-order valence-electron chi connectivity index (χ1n) is 8.68. The summed E-state index contributed by atoms with van der Waals surface area (Å²) in [4.78, 5) is 31.6. The molecule has 0 aliphatic rings. The molecule has 28 heavy (non-hydrogen) atoms. The number of carbonyl (C=O) groups excluding carboxylic acids is 2. The third kappa shape index (κ3) is 3.16. The Morgan fingerprint density at radius 3 is 2.64 bits per heavy atom. The molecular weight excluding hydrogens is 357 g/mol. The van der Waals surface area contributed by atoms with Crippen LogP contribution in [0, 0.1) is 5.82 Å². The number of ketones is 1. The van der Waals surface area contributed by atoms with E-state index in [1.54, 1.807) is 36.7 Å². The average Bonchev–Trinajstić information content (AvgIpc) is 3.12. The Labute approximate surface area is 160 Å². The van der Waals surface area contributed by atoms with Crippen LogP contribution in [-0.4, -0.2) is 21.7 Å². The van der Waals surface area contributed by atoms with Crippen molar-refractivity contribution in [3.05, 3.63) is 83.9 Å². The van der Waals surface area contributed by atoms with Gasteiger partial charge >= 0.3 is 0 Å². The van der Waals surface area contributed by atoms with Crippen molar-refractivity contribution in [2.45, 2.75) is 6.92 Å². The van der Waals surface area contributed by atoms with Gasteiger partial charge in [-0.1, -0.05) is 24.3 Å². The van der Waals surface area contributed by atoms with Gasteiger partial charge in [0, 0.05) is 30.4 Å². The molecule has 2 N–H and O–H groups in total. The lowest BCUT2D eigenvalue weighted by molar-refractivity contribution is -0.114. The molecule has 0 atom stereocenters. The SMILES string of the molecule is CC(=O)Nc1cccc(-c2ccnc3[nH]cc(C(=O)c4ccccc4F)c23)c1. The highest BCUT2D eigenvalue weighted by Gasteiger charge is 2.20. The van der Waals surface area contributed by atoms with Crippen LogP contribution in [0.2, 0.25) is 0 Å². The second kappa shape index (κ2) is 7.08. The van der Waals surface area contributed by atoms with Gasteiger partial charge in [-0.3, -0.25) is 9.59 Å². The first kappa shape index (κ1) is 17.6. The molecule has 0 unspecified atom stereocenters.